The van der Waals surface area contributed by atoms with Crippen LogP contribution in [0.4, 0.5) is 5.69 Å². The van der Waals surface area contributed by atoms with Crippen molar-refractivity contribution >= 4 is 5.69 Å². The molecule has 0 saturated heterocycles. The fraction of sp³-hybridized carbons (Fsp3) is 0.455. The third-order valence-corrected chi connectivity index (χ3v) is 1.75. The largest absolute Gasteiger partial charge is 0.492 e. The highest BCUT2D eigenvalue weighted by atomic mass is 16.5. The molecule has 0 spiro atoms. The van der Waals surface area contributed by atoms with Crippen molar-refractivity contribution in [2.45, 2.75) is 20.3 Å². The first kappa shape index (κ1) is 9.90. The van der Waals surface area contributed by atoms with E-state index in [4.69, 9.17) is 4.74 Å². The van der Waals surface area contributed by atoms with Gasteiger partial charge < -0.3 is 10.1 Å². The Morgan fingerprint density at radius 3 is 2.69 bits per heavy atom. The molecule has 0 atom stereocenters. The fourth-order valence-corrected chi connectivity index (χ4v) is 1.15. The second kappa shape index (κ2) is 5.46. The third-order valence-electron chi connectivity index (χ3n) is 1.75. The minimum atomic E-state index is 0.713. The Kier molecular flexibility index (Phi) is 4.16. The van der Waals surface area contributed by atoms with Gasteiger partial charge in [0.15, 0.2) is 0 Å². The van der Waals surface area contributed by atoms with E-state index in [1.807, 2.05) is 31.2 Å². The van der Waals surface area contributed by atoms with Crippen LogP contribution in [-0.2, 0) is 0 Å². The first-order valence-electron chi connectivity index (χ1n) is 4.84. The molecule has 72 valence electrons. The van der Waals surface area contributed by atoms with E-state index in [0.717, 1.165) is 24.4 Å². The van der Waals surface area contributed by atoms with Crippen LogP contribution in [0.25, 0.3) is 0 Å². The molecule has 0 saturated carbocycles. The van der Waals surface area contributed by atoms with E-state index in [9.17, 15) is 0 Å². The molecule has 0 radical (unpaired) electrons. The lowest BCUT2D eigenvalue weighted by molar-refractivity contribution is 0.341. The molecule has 2 nitrogen and oxygen atoms in total. The van der Waals surface area contributed by atoms with Crippen LogP contribution in [0.1, 0.15) is 20.3 Å². The lowest BCUT2D eigenvalue weighted by atomic mass is 10.3. The van der Waals surface area contributed by atoms with Gasteiger partial charge in [-0.3, -0.25) is 0 Å². The molecule has 0 amide bonds. The molecule has 0 heterocycles. The van der Waals surface area contributed by atoms with Gasteiger partial charge in [0.2, 0.25) is 0 Å². The number of benzene rings is 1. The second-order valence-corrected chi connectivity index (χ2v) is 2.86. The van der Waals surface area contributed by atoms with Gasteiger partial charge in [0, 0.05) is 6.54 Å². The summed E-state index contributed by atoms with van der Waals surface area (Å²) < 4.78 is 5.47. The van der Waals surface area contributed by atoms with E-state index in [1.165, 1.54) is 0 Å². The predicted octanol–water partition coefficient (Wildman–Crippen LogP) is 2.91. The first-order chi connectivity index (χ1) is 6.38. The Bertz CT molecular complexity index is 248. The molecule has 0 aromatic heterocycles. The van der Waals surface area contributed by atoms with Gasteiger partial charge in [-0.25, -0.2) is 0 Å². The highest BCUT2D eigenvalue weighted by Gasteiger charge is 1.99. The van der Waals surface area contributed by atoms with E-state index in [2.05, 4.69) is 12.2 Å². The summed E-state index contributed by atoms with van der Waals surface area (Å²) in [4.78, 5) is 0. The maximum Gasteiger partial charge on any atom is 0.142 e. The van der Waals surface area contributed by atoms with Gasteiger partial charge in [-0.15, -0.1) is 0 Å². The van der Waals surface area contributed by atoms with Crippen molar-refractivity contribution in [1.29, 1.82) is 0 Å². The number of hydrogen-bond acceptors (Lipinski definition) is 2. The zero-order valence-corrected chi connectivity index (χ0v) is 8.34. The molecule has 0 aliphatic carbocycles. The van der Waals surface area contributed by atoms with Gasteiger partial charge in [0.05, 0.1) is 12.3 Å². The number of ether oxygens (including phenoxy) is 1. The summed E-state index contributed by atoms with van der Waals surface area (Å²) in [5, 5.41) is 3.32. The summed E-state index contributed by atoms with van der Waals surface area (Å²) >= 11 is 0. The summed E-state index contributed by atoms with van der Waals surface area (Å²) in [5.41, 5.74) is 1.09. The summed E-state index contributed by atoms with van der Waals surface area (Å²) in [5.74, 6) is 0.943. The van der Waals surface area contributed by atoms with Crippen molar-refractivity contribution in [3.63, 3.8) is 0 Å². The van der Waals surface area contributed by atoms with E-state index in [0.29, 0.717) is 6.61 Å². The average Bonchev–Trinajstić information content (AvgIpc) is 2.17. The molecule has 1 aromatic rings. The van der Waals surface area contributed by atoms with Crippen LogP contribution in [0.2, 0.25) is 0 Å². The van der Waals surface area contributed by atoms with Crippen molar-refractivity contribution in [1.82, 2.24) is 0 Å². The van der Waals surface area contributed by atoms with Crippen LogP contribution in [0.3, 0.4) is 0 Å². The molecule has 0 fully saturated rings. The summed E-state index contributed by atoms with van der Waals surface area (Å²) in [6.45, 7) is 5.85. The Balaban J connectivity index is 2.66. The van der Waals surface area contributed by atoms with Crippen LogP contribution < -0.4 is 10.1 Å². The second-order valence-electron chi connectivity index (χ2n) is 2.86. The fourth-order valence-electron chi connectivity index (χ4n) is 1.15. The molecule has 0 aliphatic heterocycles. The normalized spacial score (nSPS) is 9.69. The quantitative estimate of drug-likeness (QED) is 0.750. The molecule has 1 N–H and O–H groups in total. The Hall–Kier alpha value is -1.18. The summed E-state index contributed by atoms with van der Waals surface area (Å²) in [6.07, 6.45) is 1.13. The number of hydrogen-bond donors (Lipinski definition) is 1. The smallest absolute Gasteiger partial charge is 0.142 e. The molecule has 2 heteroatoms. The lowest BCUT2D eigenvalue weighted by Gasteiger charge is -2.10. The van der Waals surface area contributed by atoms with E-state index in [1.54, 1.807) is 0 Å². The Labute approximate surface area is 79.9 Å². The highest BCUT2D eigenvalue weighted by Crippen LogP contribution is 2.23. The predicted molar refractivity (Wildman–Crippen MR) is 56.4 cm³/mol. The van der Waals surface area contributed by atoms with Crippen molar-refractivity contribution in [2.75, 3.05) is 18.5 Å². The Morgan fingerprint density at radius 2 is 2.00 bits per heavy atom. The van der Waals surface area contributed by atoms with E-state index in [-0.39, 0.29) is 0 Å². The van der Waals surface area contributed by atoms with Crippen LogP contribution >= 0.6 is 0 Å². The van der Waals surface area contributed by atoms with Gasteiger partial charge in [0.1, 0.15) is 5.75 Å². The topological polar surface area (TPSA) is 21.3 Å². The average molecular weight is 179 g/mol. The molecular formula is C11H17NO. The minimum absolute atomic E-state index is 0.713. The monoisotopic (exact) mass is 179 g/mol. The van der Waals surface area contributed by atoms with Crippen molar-refractivity contribution in [3.8, 4) is 5.75 Å². The zero-order chi connectivity index (χ0) is 9.52. The maximum absolute atomic E-state index is 5.47. The Morgan fingerprint density at radius 1 is 1.23 bits per heavy atom. The van der Waals surface area contributed by atoms with E-state index < -0.39 is 0 Å². The van der Waals surface area contributed by atoms with Gasteiger partial charge in [-0.2, -0.15) is 0 Å². The van der Waals surface area contributed by atoms with Gasteiger partial charge in [0.25, 0.3) is 0 Å². The summed E-state index contributed by atoms with van der Waals surface area (Å²) in [6, 6.07) is 8.03. The SMILES string of the molecule is CCCNc1ccccc1OCC. The first-order valence-corrected chi connectivity index (χ1v) is 4.84. The van der Waals surface area contributed by atoms with Crippen LogP contribution in [-0.4, -0.2) is 13.2 Å². The lowest BCUT2D eigenvalue weighted by Crippen LogP contribution is -2.02. The van der Waals surface area contributed by atoms with Crippen molar-refractivity contribution in [3.05, 3.63) is 24.3 Å². The molecule has 1 aromatic carbocycles. The maximum atomic E-state index is 5.47. The van der Waals surface area contributed by atoms with Gasteiger partial charge >= 0.3 is 0 Å². The molecule has 0 unspecified atom stereocenters. The van der Waals surface area contributed by atoms with Crippen LogP contribution in [0.5, 0.6) is 5.75 Å². The molecular weight excluding hydrogens is 162 g/mol. The zero-order valence-electron chi connectivity index (χ0n) is 8.34. The standard InChI is InChI=1S/C11H17NO/c1-3-9-12-10-7-5-6-8-11(10)13-4-2/h5-8,12H,3-4,9H2,1-2H3. The molecule has 1 rings (SSSR count). The van der Waals surface area contributed by atoms with Crippen molar-refractivity contribution < 1.29 is 4.74 Å². The van der Waals surface area contributed by atoms with Crippen LogP contribution in [0.15, 0.2) is 24.3 Å². The molecule has 0 aliphatic rings. The van der Waals surface area contributed by atoms with E-state index >= 15 is 0 Å². The third kappa shape index (κ3) is 2.98. The summed E-state index contributed by atoms with van der Waals surface area (Å²) in [7, 11) is 0. The van der Waals surface area contributed by atoms with Gasteiger partial charge in [-0.1, -0.05) is 19.1 Å². The number of rotatable bonds is 5. The molecule has 13 heavy (non-hydrogen) atoms. The molecule has 0 bridgehead atoms. The number of para-hydroxylation sites is 2. The highest BCUT2D eigenvalue weighted by molar-refractivity contribution is 5.56. The number of nitrogens with one attached hydrogen (secondary N) is 1. The minimum Gasteiger partial charge on any atom is -0.492 e. The van der Waals surface area contributed by atoms with Gasteiger partial charge in [-0.05, 0) is 25.5 Å². The van der Waals surface area contributed by atoms with Crippen LogP contribution in [0, 0.1) is 0 Å². The van der Waals surface area contributed by atoms with Crippen molar-refractivity contribution in [2.24, 2.45) is 0 Å². The number of anilines is 1.